The molecule has 0 aliphatic heterocycles. The van der Waals surface area contributed by atoms with Crippen LogP contribution in [0.15, 0.2) is 53.7 Å². The standard InChI is InChI=1S/C21H21FN4OS/c1-14-6-8-15(9-7-14)12-23-19(27)13-28-21-25-24-20(26(21)16-10-11-16)17-4-2-3-5-18(17)22/h2-9,16H,10-13H2,1H3,(H,23,27). The van der Waals surface area contributed by atoms with Gasteiger partial charge in [-0.05, 0) is 37.5 Å². The van der Waals surface area contributed by atoms with E-state index in [1.54, 1.807) is 18.2 Å². The molecule has 0 saturated heterocycles. The van der Waals surface area contributed by atoms with E-state index in [1.807, 2.05) is 35.8 Å². The Balaban J connectivity index is 1.41. The van der Waals surface area contributed by atoms with Gasteiger partial charge in [-0.25, -0.2) is 4.39 Å². The first-order valence-electron chi connectivity index (χ1n) is 9.26. The molecule has 1 aliphatic carbocycles. The Kier molecular flexibility index (Phi) is 5.43. The van der Waals surface area contributed by atoms with Crippen molar-refractivity contribution in [2.75, 3.05) is 5.75 Å². The van der Waals surface area contributed by atoms with Gasteiger partial charge in [-0.1, -0.05) is 53.7 Å². The number of nitrogens with zero attached hydrogens (tertiary/aromatic N) is 3. The van der Waals surface area contributed by atoms with E-state index in [-0.39, 0.29) is 23.5 Å². The number of thioether (sulfide) groups is 1. The van der Waals surface area contributed by atoms with Gasteiger partial charge >= 0.3 is 0 Å². The molecule has 0 unspecified atom stereocenters. The number of rotatable bonds is 7. The van der Waals surface area contributed by atoms with Crippen LogP contribution in [0.2, 0.25) is 0 Å². The summed E-state index contributed by atoms with van der Waals surface area (Å²) in [6.07, 6.45) is 2.04. The van der Waals surface area contributed by atoms with Gasteiger partial charge in [-0.3, -0.25) is 9.36 Å². The second-order valence-corrected chi connectivity index (χ2v) is 7.88. The van der Waals surface area contributed by atoms with E-state index < -0.39 is 0 Å². The molecule has 7 heteroatoms. The molecule has 0 bridgehead atoms. The minimum atomic E-state index is -0.316. The van der Waals surface area contributed by atoms with Crippen LogP contribution in [-0.4, -0.2) is 26.4 Å². The third-order valence-electron chi connectivity index (χ3n) is 4.63. The van der Waals surface area contributed by atoms with Crippen molar-refractivity contribution < 1.29 is 9.18 Å². The van der Waals surface area contributed by atoms with Crippen molar-refractivity contribution in [3.63, 3.8) is 0 Å². The van der Waals surface area contributed by atoms with E-state index in [0.717, 1.165) is 18.4 Å². The molecular weight excluding hydrogens is 375 g/mol. The first-order valence-corrected chi connectivity index (χ1v) is 10.3. The van der Waals surface area contributed by atoms with Crippen molar-refractivity contribution in [1.82, 2.24) is 20.1 Å². The molecule has 1 aliphatic rings. The van der Waals surface area contributed by atoms with Crippen LogP contribution in [0.1, 0.15) is 30.0 Å². The van der Waals surface area contributed by atoms with E-state index >= 15 is 0 Å². The lowest BCUT2D eigenvalue weighted by atomic mass is 10.1. The Labute approximate surface area is 167 Å². The molecule has 0 spiro atoms. The zero-order valence-electron chi connectivity index (χ0n) is 15.6. The summed E-state index contributed by atoms with van der Waals surface area (Å²) < 4.78 is 16.2. The SMILES string of the molecule is Cc1ccc(CNC(=O)CSc2nnc(-c3ccccc3F)n2C2CC2)cc1. The number of halogens is 1. The Bertz CT molecular complexity index is 982. The molecule has 144 valence electrons. The van der Waals surface area contributed by atoms with Gasteiger partial charge in [0.25, 0.3) is 0 Å². The summed E-state index contributed by atoms with van der Waals surface area (Å²) in [6, 6.07) is 14.9. The number of aromatic nitrogens is 3. The fourth-order valence-electron chi connectivity index (χ4n) is 2.95. The van der Waals surface area contributed by atoms with Crippen molar-refractivity contribution in [2.45, 2.75) is 37.5 Å². The summed E-state index contributed by atoms with van der Waals surface area (Å²) in [5.41, 5.74) is 2.69. The van der Waals surface area contributed by atoms with Crippen LogP contribution in [0.4, 0.5) is 4.39 Å². The highest BCUT2D eigenvalue weighted by molar-refractivity contribution is 7.99. The highest BCUT2D eigenvalue weighted by Crippen LogP contribution is 2.41. The topological polar surface area (TPSA) is 59.8 Å². The van der Waals surface area contributed by atoms with Crippen LogP contribution in [0.5, 0.6) is 0 Å². The summed E-state index contributed by atoms with van der Waals surface area (Å²) in [4.78, 5) is 12.2. The lowest BCUT2D eigenvalue weighted by Crippen LogP contribution is -2.24. The molecule has 0 radical (unpaired) electrons. The maximum atomic E-state index is 14.2. The molecule has 28 heavy (non-hydrogen) atoms. The van der Waals surface area contributed by atoms with E-state index in [4.69, 9.17) is 0 Å². The number of carbonyl (C=O) groups excluding carboxylic acids is 1. The fraction of sp³-hybridized carbons (Fsp3) is 0.286. The number of hydrogen-bond donors (Lipinski definition) is 1. The van der Waals surface area contributed by atoms with Crippen molar-refractivity contribution >= 4 is 17.7 Å². The lowest BCUT2D eigenvalue weighted by molar-refractivity contribution is -0.118. The second-order valence-electron chi connectivity index (χ2n) is 6.94. The average molecular weight is 396 g/mol. The van der Waals surface area contributed by atoms with Crippen molar-refractivity contribution in [3.8, 4) is 11.4 Å². The molecular formula is C21H21FN4OS. The van der Waals surface area contributed by atoms with E-state index in [9.17, 15) is 9.18 Å². The van der Waals surface area contributed by atoms with Gasteiger partial charge in [0.1, 0.15) is 5.82 Å². The smallest absolute Gasteiger partial charge is 0.230 e. The molecule has 1 N–H and O–H groups in total. The Morgan fingerprint density at radius 2 is 1.93 bits per heavy atom. The molecule has 1 fully saturated rings. The molecule has 2 aromatic carbocycles. The molecule has 1 heterocycles. The second kappa shape index (κ2) is 8.14. The van der Waals surface area contributed by atoms with E-state index in [0.29, 0.717) is 23.1 Å². The lowest BCUT2D eigenvalue weighted by Gasteiger charge is -2.09. The van der Waals surface area contributed by atoms with Crippen molar-refractivity contribution in [1.29, 1.82) is 0 Å². The van der Waals surface area contributed by atoms with Crippen LogP contribution in [-0.2, 0) is 11.3 Å². The average Bonchev–Trinajstić information content (AvgIpc) is 3.46. The third kappa shape index (κ3) is 4.25. The highest BCUT2D eigenvalue weighted by Gasteiger charge is 2.31. The number of benzene rings is 2. The zero-order valence-corrected chi connectivity index (χ0v) is 16.4. The summed E-state index contributed by atoms with van der Waals surface area (Å²) in [5, 5.41) is 12.0. The third-order valence-corrected chi connectivity index (χ3v) is 5.58. The predicted molar refractivity (Wildman–Crippen MR) is 107 cm³/mol. The Hall–Kier alpha value is -2.67. The molecule has 3 aromatic rings. The van der Waals surface area contributed by atoms with Gasteiger partial charge < -0.3 is 5.32 Å². The number of carbonyl (C=O) groups is 1. The predicted octanol–water partition coefficient (Wildman–Crippen LogP) is 4.14. The molecule has 1 aromatic heterocycles. The van der Waals surface area contributed by atoms with Gasteiger partial charge in [0.05, 0.1) is 11.3 Å². The Morgan fingerprint density at radius 1 is 1.18 bits per heavy atom. The molecule has 1 saturated carbocycles. The molecule has 1 amide bonds. The number of nitrogens with one attached hydrogen (secondary N) is 1. The number of amides is 1. The highest BCUT2D eigenvalue weighted by atomic mass is 32.2. The Morgan fingerprint density at radius 3 is 2.64 bits per heavy atom. The summed E-state index contributed by atoms with van der Waals surface area (Å²) >= 11 is 1.34. The van der Waals surface area contributed by atoms with Gasteiger partial charge in [-0.2, -0.15) is 0 Å². The summed E-state index contributed by atoms with van der Waals surface area (Å²) in [7, 11) is 0. The summed E-state index contributed by atoms with van der Waals surface area (Å²) in [5.74, 6) is 0.393. The molecule has 4 rings (SSSR count). The van der Waals surface area contributed by atoms with Crippen LogP contribution in [0.25, 0.3) is 11.4 Å². The van der Waals surface area contributed by atoms with Gasteiger partial charge in [0, 0.05) is 12.6 Å². The molecule has 0 atom stereocenters. The van der Waals surface area contributed by atoms with Crippen LogP contribution >= 0.6 is 11.8 Å². The minimum absolute atomic E-state index is 0.0663. The fourth-order valence-corrected chi connectivity index (χ4v) is 3.79. The largest absolute Gasteiger partial charge is 0.351 e. The van der Waals surface area contributed by atoms with Crippen LogP contribution in [0.3, 0.4) is 0 Å². The number of hydrogen-bond acceptors (Lipinski definition) is 4. The van der Waals surface area contributed by atoms with Crippen LogP contribution in [0, 0.1) is 12.7 Å². The minimum Gasteiger partial charge on any atom is -0.351 e. The first kappa shape index (κ1) is 18.7. The quantitative estimate of drug-likeness (QED) is 0.610. The first-order chi connectivity index (χ1) is 13.6. The summed E-state index contributed by atoms with van der Waals surface area (Å²) in [6.45, 7) is 2.53. The number of aryl methyl sites for hydroxylation is 1. The van der Waals surface area contributed by atoms with Gasteiger partial charge in [-0.15, -0.1) is 10.2 Å². The van der Waals surface area contributed by atoms with Crippen molar-refractivity contribution in [2.24, 2.45) is 0 Å². The van der Waals surface area contributed by atoms with Gasteiger partial charge in [0.15, 0.2) is 11.0 Å². The maximum Gasteiger partial charge on any atom is 0.230 e. The zero-order chi connectivity index (χ0) is 19.5. The maximum absolute atomic E-state index is 14.2. The molecule has 5 nitrogen and oxygen atoms in total. The van der Waals surface area contributed by atoms with Crippen molar-refractivity contribution in [3.05, 3.63) is 65.5 Å². The monoisotopic (exact) mass is 396 g/mol. The van der Waals surface area contributed by atoms with E-state index in [1.165, 1.54) is 23.4 Å². The normalized spacial score (nSPS) is 13.5. The van der Waals surface area contributed by atoms with Crippen LogP contribution < -0.4 is 5.32 Å². The van der Waals surface area contributed by atoms with Gasteiger partial charge in [0.2, 0.25) is 5.91 Å². The van der Waals surface area contributed by atoms with E-state index in [2.05, 4.69) is 15.5 Å².